The zero-order valence-electron chi connectivity index (χ0n) is 35.8. The maximum absolute atomic E-state index is 14.0. The van der Waals surface area contributed by atoms with Gasteiger partial charge in [0.15, 0.2) is 0 Å². The summed E-state index contributed by atoms with van der Waals surface area (Å²) < 4.78 is 5.51. The zero-order valence-corrected chi connectivity index (χ0v) is 37.3. The van der Waals surface area contributed by atoms with Crippen molar-refractivity contribution in [2.75, 3.05) is 49.1 Å². The molecule has 2 spiro atoms. The minimum absolute atomic E-state index is 0.0242. The quantitative estimate of drug-likeness (QED) is 0.152. The van der Waals surface area contributed by atoms with E-state index < -0.39 is 32.6 Å². The Morgan fingerprint density at radius 2 is 1.11 bits per heavy atom. The van der Waals surface area contributed by atoms with E-state index in [1.165, 1.54) is 68.1 Å². The number of rotatable bonds is 8. The van der Waals surface area contributed by atoms with E-state index in [0.717, 1.165) is 11.1 Å². The molecule has 0 aliphatic carbocycles. The predicted molar refractivity (Wildman–Crippen MR) is 240 cm³/mol. The second kappa shape index (κ2) is 18.5. The number of nitrogens with zero attached hydrogens (tertiary/aromatic N) is 7. The van der Waals surface area contributed by atoms with Crippen molar-refractivity contribution in [2.45, 2.75) is 63.4 Å². The van der Waals surface area contributed by atoms with Crippen LogP contribution in [-0.2, 0) is 37.0 Å². The predicted octanol–water partition coefficient (Wildman–Crippen LogP) is 6.36. The van der Waals surface area contributed by atoms with Gasteiger partial charge in [-0.25, -0.2) is 4.79 Å². The number of benzene rings is 4. The average molecular weight is 930 g/mol. The van der Waals surface area contributed by atoms with Crippen LogP contribution in [-0.4, -0.2) is 110 Å². The molecule has 2 unspecified atom stereocenters. The Kier molecular flexibility index (Phi) is 13.2. The molecule has 18 nitrogen and oxygen atoms in total. The number of non-ortho nitro benzene ring substituents is 2. The van der Waals surface area contributed by atoms with Gasteiger partial charge in [-0.3, -0.25) is 39.4 Å². The number of nitro groups is 2. The van der Waals surface area contributed by atoms with Gasteiger partial charge in [0, 0.05) is 71.9 Å². The van der Waals surface area contributed by atoms with Crippen molar-refractivity contribution in [1.29, 1.82) is 0 Å². The van der Waals surface area contributed by atoms with Crippen molar-refractivity contribution < 1.29 is 38.6 Å². The van der Waals surface area contributed by atoms with Crippen molar-refractivity contribution in [1.82, 2.24) is 20.0 Å². The van der Waals surface area contributed by atoms with Crippen LogP contribution in [0.15, 0.2) is 97.1 Å². The molecule has 340 valence electrons. The molecular formula is C45H46Cl2N8O10. The van der Waals surface area contributed by atoms with E-state index in [-0.39, 0.29) is 74.1 Å². The number of hydrogen-bond donors (Lipinski definition) is 1. The van der Waals surface area contributed by atoms with Gasteiger partial charge in [-0.15, -0.1) is 0 Å². The molecular weight excluding hydrogens is 883 g/mol. The van der Waals surface area contributed by atoms with Crippen LogP contribution in [0.4, 0.5) is 27.5 Å². The lowest BCUT2D eigenvalue weighted by molar-refractivity contribution is -0.385. The first-order valence-electron chi connectivity index (χ1n) is 20.7. The molecule has 0 saturated carbocycles. The summed E-state index contributed by atoms with van der Waals surface area (Å²) in [5.74, 6) is -0.989. The summed E-state index contributed by atoms with van der Waals surface area (Å²) in [5, 5.41) is 26.3. The minimum Gasteiger partial charge on any atom is -0.444 e. The standard InChI is InChI=1S/C25H27ClN4O6.C20H19ClN4O4/c1-24(2,3)36-23(33)27-13-12-25(16-27)22(32)28(19-8-10-20(11-9-19)30(34)35)15-21(31)29(25)14-17-4-6-18(26)7-5-17;21-15-3-1-14(2-4-15)11-24-18(26)12-23(19(27)20(24)9-10-22-13-20)16-5-7-17(8-6-16)25(28)29/h4-11H,12-16H2,1-3H3;1-8,22H,9-13H2. The fourth-order valence-corrected chi connectivity index (χ4v) is 8.76. The normalized spacial score (nSPS) is 21.0. The molecule has 1 N–H and O–H groups in total. The number of carbonyl (C=O) groups excluding carboxylic acids is 5. The third-order valence-corrected chi connectivity index (χ3v) is 12.3. The first kappa shape index (κ1) is 46.4. The monoisotopic (exact) mass is 928 g/mol. The molecule has 0 aromatic heterocycles. The summed E-state index contributed by atoms with van der Waals surface area (Å²) in [5.41, 5.74) is -0.648. The minimum atomic E-state index is -1.31. The first-order chi connectivity index (χ1) is 30.8. The maximum atomic E-state index is 14.0. The molecule has 4 fully saturated rings. The molecule has 2 atom stereocenters. The second-order valence-corrected chi connectivity index (χ2v) is 18.1. The summed E-state index contributed by atoms with van der Waals surface area (Å²) >= 11 is 12.0. The number of piperazine rings is 2. The van der Waals surface area contributed by atoms with Gasteiger partial charge in [0.2, 0.25) is 11.8 Å². The fraction of sp³-hybridized carbons (Fsp3) is 0.356. The van der Waals surface area contributed by atoms with E-state index in [1.807, 2.05) is 12.1 Å². The Bertz CT molecular complexity index is 2500. The Morgan fingerprint density at radius 1 is 0.677 bits per heavy atom. The highest BCUT2D eigenvalue weighted by Crippen LogP contribution is 2.38. The summed E-state index contributed by atoms with van der Waals surface area (Å²) in [4.78, 5) is 95.3. The summed E-state index contributed by atoms with van der Waals surface area (Å²) in [6, 6.07) is 25.4. The van der Waals surface area contributed by atoms with E-state index in [2.05, 4.69) is 5.32 Å². The number of carbonyl (C=O) groups is 5. The number of nitro benzene ring substituents is 2. The largest absolute Gasteiger partial charge is 0.444 e. The Hall–Kier alpha value is -6.63. The van der Waals surface area contributed by atoms with Crippen molar-refractivity contribution in [3.63, 3.8) is 0 Å². The lowest BCUT2D eigenvalue weighted by Crippen LogP contribution is -2.69. The van der Waals surface area contributed by atoms with Gasteiger partial charge in [0.1, 0.15) is 29.8 Å². The number of hydrogen-bond acceptors (Lipinski definition) is 11. The molecule has 4 aliphatic rings. The van der Waals surface area contributed by atoms with Gasteiger partial charge in [0.05, 0.1) is 16.4 Å². The van der Waals surface area contributed by atoms with E-state index in [1.54, 1.807) is 62.1 Å². The molecule has 4 aliphatic heterocycles. The third-order valence-electron chi connectivity index (χ3n) is 11.8. The van der Waals surface area contributed by atoms with Crippen LogP contribution >= 0.6 is 23.2 Å². The molecule has 4 saturated heterocycles. The lowest BCUT2D eigenvalue weighted by atomic mass is 9.90. The van der Waals surface area contributed by atoms with Crippen LogP contribution in [0.3, 0.4) is 0 Å². The van der Waals surface area contributed by atoms with Crippen molar-refractivity contribution in [3.8, 4) is 0 Å². The number of amides is 5. The van der Waals surface area contributed by atoms with Crippen LogP contribution in [0.25, 0.3) is 0 Å². The molecule has 20 heteroatoms. The SMILES string of the molecule is CC(C)(C)OC(=O)N1CCC2(C1)C(=O)N(c1ccc([N+](=O)[O-])cc1)CC(=O)N2Cc1ccc(Cl)cc1.O=C1CN(c2ccc([N+](=O)[O-])cc2)C(=O)C2(CCNC2)N1Cc1ccc(Cl)cc1. The zero-order chi connectivity index (χ0) is 46.8. The molecule has 8 rings (SSSR count). The van der Waals surface area contributed by atoms with Crippen LogP contribution < -0.4 is 15.1 Å². The molecule has 4 heterocycles. The number of nitrogens with one attached hydrogen (secondary N) is 1. The van der Waals surface area contributed by atoms with E-state index in [4.69, 9.17) is 27.9 Å². The van der Waals surface area contributed by atoms with E-state index >= 15 is 0 Å². The van der Waals surface area contributed by atoms with E-state index in [9.17, 15) is 44.2 Å². The van der Waals surface area contributed by atoms with Crippen LogP contribution in [0.1, 0.15) is 44.7 Å². The van der Waals surface area contributed by atoms with Gasteiger partial charge in [-0.05, 0) is 99.8 Å². The fourth-order valence-electron chi connectivity index (χ4n) is 8.51. The summed E-state index contributed by atoms with van der Waals surface area (Å²) in [7, 11) is 0. The average Bonchev–Trinajstić information content (AvgIpc) is 3.95. The highest BCUT2D eigenvalue weighted by molar-refractivity contribution is 6.30. The smallest absolute Gasteiger partial charge is 0.410 e. The summed E-state index contributed by atoms with van der Waals surface area (Å²) in [6.07, 6.45) is 0.182. The van der Waals surface area contributed by atoms with Crippen molar-refractivity contribution in [3.05, 3.63) is 138 Å². The number of anilines is 2. The van der Waals surface area contributed by atoms with E-state index in [0.29, 0.717) is 47.5 Å². The van der Waals surface area contributed by atoms with Crippen LogP contribution in [0, 0.1) is 20.2 Å². The number of halogens is 2. The number of likely N-dealkylation sites (tertiary alicyclic amines) is 1. The molecule has 4 aromatic rings. The Morgan fingerprint density at radius 3 is 1.51 bits per heavy atom. The molecule has 5 amide bonds. The summed E-state index contributed by atoms with van der Waals surface area (Å²) in [6.45, 7) is 6.64. The topological polar surface area (TPSA) is 209 Å². The van der Waals surface area contributed by atoms with Crippen LogP contribution in [0.5, 0.6) is 0 Å². The molecule has 4 aromatic carbocycles. The Balaban J connectivity index is 0.000000198. The first-order valence-corrected chi connectivity index (χ1v) is 21.5. The van der Waals surface area contributed by atoms with Crippen molar-refractivity contribution in [2.24, 2.45) is 0 Å². The highest BCUT2D eigenvalue weighted by atomic mass is 35.5. The maximum Gasteiger partial charge on any atom is 0.410 e. The van der Waals surface area contributed by atoms with Crippen LogP contribution in [0.2, 0.25) is 10.0 Å². The third kappa shape index (κ3) is 9.74. The van der Waals surface area contributed by atoms with Gasteiger partial charge < -0.3 is 34.6 Å². The van der Waals surface area contributed by atoms with Gasteiger partial charge >= 0.3 is 6.09 Å². The molecule has 65 heavy (non-hydrogen) atoms. The van der Waals surface area contributed by atoms with Gasteiger partial charge in [0.25, 0.3) is 23.2 Å². The van der Waals surface area contributed by atoms with Gasteiger partial charge in [-0.1, -0.05) is 47.5 Å². The highest BCUT2D eigenvalue weighted by Gasteiger charge is 2.58. The lowest BCUT2D eigenvalue weighted by Gasteiger charge is -2.47. The molecule has 0 bridgehead atoms. The molecule has 0 radical (unpaired) electrons. The second-order valence-electron chi connectivity index (χ2n) is 17.2. The van der Waals surface area contributed by atoms with Gasteiger partial charge in [-0.2, -0.15) is 0 Å². The Labute approximate surface area is 383 Å². The number of ether oxygens (including phenoxy) is 1. The van der Waals surface area contributed by atoms with Crippen molar-refractivity contribution >= 4 is 75.7 Å².